The number of nitrogen functional groups attached to an aromatic ring is 1. The van der Waals surface area contributed by atoms with E-state index in [1.54, 1.807) is 12.3 Å². The van der Waals surface area contributed by atoms with Crippen molar-refractivity contribution in [1.82, 2.24) is 5.32 Å². The SMILES string of the molecule is C=C(C)C(C)c1ccccc1.C=C(C)CC(C)CCC(=C)C(c1ccccc1)c1ccccc1.C=C(NC1CCCC1)c1ccc(CC)c(N)c1.C=CC.CC.CCC1CC1.CCCC.CS. The largest absolute Gasteiger partial charge is 0.398 e. The van der Waals surface area contributed by atoms with Gasteiger partial charge in [0.1, 0.15) is 0 Å². The highest BCUT2D eigenvalue weighted by molar-refractivity contribution is 7.79. The van der Waals surface area contributed by atoms with Gasteiger partial charge in [-0.3, -0.25) is 0 Å². The van der Waals surface area contributed by atoms with Gasteiger partial charge >= 0.3 is 0 Å². The fraction of sp³-hybridized carbons (Fsp3) is 0.469. The van der Waals surface area contributed by atoms with E-state index in [4.69, 9.17) is 5.73 Å². The smallest absolute Gasteiger partial charge is 0.0353 e. The van der Waals surface area contributed by atoms with Crippen LogP contribution in [0.5, 0.6) is 0 Å². The molecule has 4 aromatic rings. The number of unbranched alkanes of at least 4 members (excludes halogenated alkanes) is 1. The first-order valence-electron chi connectivity index (χ1n) is 25.7. The van der Waals surface area contributed by atoms with Gasteiger partial charge in [0.05, 0.1) is 0 Å². The molecule has 2 nitrogen and oxygen atoms in total. The second kappa shape index (κ2) is 41.7. The molecule has 2 atom stereocenters. The first-order valence-corrected chi connectivity index (χ1v) is 26.6. The van der Waals surface area contributed by atoms with Crippen LogP contribution in [0.4, 0.5) is 5.69 Å². The number of allylic oxidation sites excluding steroid dienone is 4. The number of nitrogens with two attached hydrogens (primary N) is 1. The Labute approximate surface area is 421 Å². The lowest BCUT2D eigenvalue weighted by Crippen LogP contribution is -2.23. The number of hydrogen-bond acceptors (Lipinski definition) is 3. The average Bonchev–Trinajstić information content (AvgIpc) is 4.07. The number of aryl methyl sites for hydroxylation is 1. The summed E-state index contributed by atoms with van der Waals surface area (Å²) in [4.78, 5) is 0. The van der Waals surface area contributed by atoms with Crippen LogP contribution in [0.2, 0.25) is 0 Å². The Morgan fingerprint density at radius 1 is 0.716 bits per heavy atom. The highest BCUT2D eigenvalue weighted by Gasteiger charge is 2.19. The molecule has 0 amide bonds. The molecule has 4 aromatic carbocycles. The number of thiol groups is 1. The van der Waals surface area contributed by atoms with Crippen molar-refractivity contribution in [2.45, 2.75) is 178 Å². The third kappa shape index (κ3) is 30.5. The third-order valence-corrected chi connectivity index (χ3v) is 11.8. The zero-order valence-corrected chi connectivity index (χ0v) is 46.0. The summed E-state index contributed by atoms with van der Waals surface area (Å²) >= 11 is 3.53. The van der Waals surface area contributed by atoms with E-state index in [1.165, 1.54) is 103 Å². The van der Waals surface area contributed by atoms with E-state index in [0.717, 1.165) is 42.1 Å². The minimum atomic E-state index is 0.287. The van der Waals surface area contributed by atoms with Crippen molar-refractivity contribution < 1.29 is 0 Å². The van der Waals surface area contributed by atoms with Gasteiger partial charge in [-0.1, -0.05) is 246 Å². The second-order valence-corrected chi connectivity index (χ2v) is 17.8. The Morgan fingerprint density at radius 2 is 1.16 bits per heavy atom. The summed E-state index contributed by atoms with van der Waals surface area (Å²) in [5.41, 5.74) is 18.0. The zero-order chi connectivity index (χ0) is 51.0. The molecule has 2 fully saturated rings. The summed E-state index contributed by atoms with van der Waals surface area (Å²) in [5.74, 6) is 2.57. The summed E-state index contributed by atoms with van der Waals surface area (Å²) in [6.45, 7) is 43.2. The molecular formula is C64H100N2S. The van der Waals surface area contributed by atoms with Crippen LogP contribution in [0.1, 0.15) is 193 Å². The van der Waals surface area contributed by atoms with Gasteiger partial charge in [0.25, 0.3) is 0 Å². The highest BCUT2D eigenvalue weighted by Crippen LogP contribution is 2.34. The van der Waals surface area contributed by atoms with Gasteiger partial charge in [0.15, 0.2) is 0 Å². The van der Waals surface area contributed by atoms with Gasteiger partial charge < -0.3 is 11.1 Å². The van der Waals surface area contributed by atoms with E-state index >= 15 is 0 Å². The molecule has 372 valence electrons. The van der Waals surface area contributed by atoms with E-state index in [1.807, 2.05) is 32.9 Å². The fourth-order valence-corrected chi connectivity index (χ4v) is 7.28. The van der Waals surface area contributed by atoms with E-state index in [-0.39, 0.29) is 5.92 Å². The van der Waals surface area contributed by atoms with Crippen LogP contribution < -0.4 is 11.1 Å². The predicted octanol–water partition coefficient (Wildman–Crippen LogP) is 19.8. The quantitative estimate of drug-likeness (QED) is 0.0595. The Hall–Kier alpha value is -4.47. The number of nitrogens with one attached hydrogen (secondary N) is 1. The van der Waals surface area contributed by atoms with Gasteiger partial charge in [-0.15, -0.1) is 13.2 Å². The molecule has 3 heteroatoms. The van der Waals surface area contributed by atoms with Crippen molar-refractivity contribution in [2.24, 2.45) is 11.8 Å². The number of rotatable bonds is 16. The molecule has 2 unspecified atom stereocenters. The van der Waals surface area contributed by atoms with E-state index in [2.05, 4.69) is 203 Å². The topological polar surface area (TPSA) is 38.0 Å². The molecule has 0 spiro atoms. The van der Waals surface area contributed by atoms with Crippen molar-refractivity contribution in [3.63, 3.8) is 0 Å². The summed E-state index contributed by atoms with van der Waals surface area (Å²) in [6.07, 6.45) is 20.0. The minimum Gasteiger partial charge on any atom is -0.398 e. The molecule has 0 bridgehead atoms. The maximum Gasteiger partial charge on any atom is 0.0353 e. The van der Waals surface area contributed by atoms with Crippen molar-refractivity contribution in [3.8, 4) is 0 Å². The fourth-order valence-electron chi connectivity index (χ4n) is 7.28. The van der Waals surface area contributed by atoms with Crippen LogP contribution in [-0.2, 0) is 6.42 Å². The van der Waals surface area contributed by atoms with Crippen LogP contribution in [0.25, 0.3) is 5.70 Å². The molecule has 67 heavy (non-hydrogen) atoms. The van der Waals surface area contributed by atoms with Crippen molar-refractivity contribution in [2.75, 3.05) is 12.0 Å². The Kier molecular flexibility index (Phi) is 40.2. The third-order valence-electron chi connectivity index (χ3n) is 11.8. The summed E-state index contributed by atoms with van der Waals surface area (Å²) < 4.78 is 0. The molecule has 0 aliphatic heterocycles. The molecule has 2 aliphatic rings. The lowest BCUT2D eigenvalue weighted by molar-refractivity contribution is 0.522. The first-order chi connectivity index (χ1) is 32.3. The molecular weight excluding hydrogens is 829 g/mol. The Bertz CT molecular complexity index is 1790. The molecule has 6 rings (SSSR count). The van der Waals surface area contributed by atoms with Crippen LogP contribution in [0.15, 0.2) is 165 Å². The number of anilines is 1. The van der Waals surface area contributed by atoms with Gasteiger partial charge in [-0.25, -0.2) is 0 Å². The second-order valence-electron chi connectivity index (χ2n) is 17.8. The molecule has 2 saturated carbocycles. The van der Waals surface area contributed by atoms with Gasteiger partial charge in [-0.05, 0) is 111 Å². The number of hydrogen-bond donors (Lipinski definition) is 3. The van der Waals surface area contributed by atoms with E-state index < -0.39 is 0 Å². The predicted molar refractivity (Wildman–Crippen MR) is 312 cm³/mol. The van der Waals surface area contributed by atoms with Gasteiger partial charge in [0, 0.05) is 29.3 Å². The molecule has 0 saturated heterocycles. The van der Waals surface area contributed by atoms with Crippen molar-refractivity contribution in [1.29, 1.82) is 0 Å². The van der Waals surface area contributed by atoms with Gasteiger partial charge in [-0.2, -0.15) is 12.6 Å². The monoisotopic (exact) mass is 929 g/mol. The maximum atomic E-state index is 6.01. The summed E-state index contributed by atoms with van der Waals surface area (Å²) in [7, 11) is 0. The molecule has 2 aliphatic carbocycles. The van der Waals surface area contributed by atoms with Crippen LogP contribution in [0, 0.1) is 11.8 Å². The van der Waals surface area contributed by atoms with Crippen LogP contribution >= 0.6 is 12.6 Å². The average molecular weight is 930 g/mol. The van der Waals surface area contributed by atoms with Crippen LogP contribution in [-0.4, -0.2) is 12.3 Å². The van der Waals surface area contributed by atoms with Crippen LogP contribution in [0.3, 0.4) is 0 Å². The van der Waals surface area contributed by atoms with Crippen molar-refractivity contribution >= 4 is 24.0 Å². The van der Waals surface area contributed by atoms with E-state index in [9.17, 15) is 0 Å². The zero-order valence-electron chi connectivity index (χ0n) is 45.1. The first kappa shape index (κ1) is 64.6. The summed E-state index contributed by atoms with van der Waals surface area (Å²) in [6, 6.07) is 38.7. The van der Waals surface area contributed by atoms with Crippen molar-refractivity contribution in [3.05, 3.63) is 193 Å². The Morgan fingerprint density at radius 3 is 1.51 bits per heavy atom. The standard InChI is InChI=1S/C23H28.C15H22N2.C11H14.C5H10.C4H10.C3H6.C2H6.CH4S/c1-18(2)17-19(3)15-16-20(4)23(21-11-7-5-8-12-21)22-13-9-6-10-14-22;1-3-12-8-9-13(10-15(12)16)11(2)17-14-6-4-5-7-14;1-9(2)10(3)11-7-5-4-6-8-11;1-2-5-3-4-5;1-3-4-2;1-3-2;2*1-2/h5-14,19,23H,1,4,15-17H2,2-3H3;8-10,14,17H,2-7,16H2,1H3;4-8,10H,1H2,2-3H3;5H,2-4H2,1H3;3-4H2,1-2H3;3H,1H2,2H3;1-2H3;2H,1H3. The molecule has 0 heterocycles. The number of benzene rings is 4. The van der Waals surface area contributed by atoms with Gasteiger partial charge in [0.2, 0.25) is 0 Å². The lowest BCUT2D eigenvalue weighted by atomic mass is 9.82. The normalized spacial score (nSPS) is 12.9. The molecule has 0 radical (unpaired) electrons. The van der Waals surface area contributed by atoms with E-state index in [0.29, 0.717) is 17.9 Å². The summed E-state index contributed by atoms with van der Waals surface area (Å²) in [5, 5.41) is 3.51. The lowest BCUT2D eigenvalue weighted by Gasteiger charge is -2.22. The highest BCUT2D eigenvalue weighted by atomic mass is 32.1. The maximum absolute atomic E-state index is 6.01. The minimum absolute atomic E-state index is 0.287. The molecule has 0 aromatic heterocycles. The Balaban J connectivity index is 0. The molecule has 3 N–H and O–H groups in total.